The lowest BCUT2D eigenvalue weighted by Gasteiger charge is -2.32. The van der Waals surface area contributed by atoms with Crippen molar-refractivity contribution in [2.24, 2.45) is 23.7 Å². The van der Waals surface area contributed by atoms with Crippen LogP contribution in [0.1, 0.15) is 120 Å². The summed E-state index contributed by atoms with van der Waals surface area (Å²) in [5.74, 6) is 1.17. The number of Topliss-reactive ketones (excluding diaryl/α,β-unsaturated/α-hetero) is 3. The Morgan fingerprint density at radius 1 is 1.00 bits per heavy atom. The molecule has 3 atom stereocenters. The Balaban J connectivity index is 0.00000170. The van der Waals surface area contributed by atoms with E-state index in [9.17, 15) is 14.4 Å². The minimum absolute atomic E-state index is 0.0290. The molecule has 39 heavy (non-hydrogen) atoms. The van der Waals surface area contributed by atoms with Crippen LogP contribution in [0, 0.1) is 30.6 Å². The summed E-state index contributed by atoms with van der Waals surface area (Å²) in [6, 6.07) is 13.0. The van der Waals surface area contributed by atoms with Crippen LogP contribution in [0.4, 0.5) is 0 Å². The highest BCUT2D eigenvalue weighted by Crippen LogP contribution is 2.40. The molecule has 0 fully saturated rings. The number of carbonyl (C=O) groups is 3. The molecule has 3 rings (SSSR count). The lowest BCUT2D eigenvalue weighted by molar-refractivity contribution is -0.129. The summed E-state index contributed by atoms with van der Waals surface area (Å²) in [7, 11) is 0. The Bertz CT molecular complexity index is 1110. The largest absolute Gasteiger partial charge is 0.300 e. The zero-order valence-corrected chi connectivity index (χ0v) is 25.9. The van der Waals surface area contributed by atoms with Gasteiger partial charge in [0.25, 0.3) is 0 Å². The lowest BCUT2D eigenvalue weighted by atomic mass is 9.71. The molecule has 214 valence electrons. The minimum Gasteiger partial charge on any atom is -0.300 e. The van der Waals surface area contributed by atoms with Crippen LogP contribution in [0.15, 0.2) is 36.4 Å². The van der Waals surface area contributed by atoms with Crippen LogP contribution < -0.4 is 0 Å². The van der Waals surface area contributed by atoms with Crippen molar-refractivity contribution in [3.63, 3.8) is 0 Å². The standard InChI is InChI=1S/C33H44O3.C3H8/c1-7-10-26(28(8-2)31(35)16-23(6)34)18-25-19-30-29(14-13-22(5)33(30)32(36)20-25)27-12-9-11-24(17-27)15-21(3)4;1-3-2/h9,11-14,17,21,25-26,28H,7-8,10,15-16,18-20H2,1-6H3;3H2,1-2H3. The molecule has 0 bridgehead atoms. The fourth-order valence-electron chi connectivity index (χ4n) is 6.35. The van der Waals surface area contributed by atoms with Crippen molar-refractivity contribution >= 4 is 17.3 Å². The minimum atomic E-state index is -0.102. The predicted molar refractivity (Wildman–Crippen MR) is 164 cm³/mol. The van der Waals surface area contributed by atoms with E-state index in [4.69, 9.17) is 0 Å². The molecule has 3 nitrogen and oxygen atoms in total. The maximum Gasteiger partial charge on any atom is 0.163 e. The van der Waals surface area contributed by atoms with Gasteiger partial charge < -0.3 is 0 Å². The summed E-state index contributed by atoms with van der Waals surface area (Å²) < 4.78 is 0. The van der Waals surface area contributed by atoms with E-state index >= 15 is 0 Å². The Morgan fingerprint density at radius 2 is 1.69 bits per heavy atom. The van der Waals surface area contributed by atoms with Gasteiger partial charge in [-0.15, -0.1) is 0 Å². The van der Waals surface area contributed by atoms with E-state index in [0.717, 1.165) is 49.7 Å². The summed E-state index contributed by atoms with van der Waals surface area (Å²) in [5.41, 5.74) is 6.83. The summed E-state index contributed by atoms with van der Waals surface area (Å²) in [4.78, 5) is 38.0. The van der Waals surface area contributed by atoms with E-state index < -0.39 is 0 Å². The Morgan fingerprint density at radius 3 is 2.28 bits per heavy atom. The van der Waals surface area contributed by atoms with Crippen molar-refractivity contribution in [3.8, 4) is 11.1 Å². The molecular weight excluding hydrogens is 480 g/mol. The van der Waals surface area contributed by atoms with Gasteiger partial charge in [-0.1, -0.05) is 97.2 Å². The number of benzene rings is 2. The molecule has 3 unspecified atom stereocenters. The second-order valence-electron chi connectivity index (χ2n) is 12.1. The predicted octanol–water partition coefficient (Wildman–Crippen LogP) is 9.40. The van der Waals surface area contributed by atoms with Gasteiger partial charge in [0.15, 0.2) is 5.78 Å². The molecule has 1 aliphatic carbocycles. The van der Waals surface area contributed by atoms with Gasteiger partial charge in [0.05, 0.1) is 6.42 Å². The molecule has 0 radical (unpaired) electrons. The number of ketones is 3. The molecule has 0 saturated heterocycles. The van der Waals surface area contributed by atoms with Crippen LogP contribution in [-0.4, -0.2) is 17.3 Å². The Kier molecular flexibility index (Phi) is 13.3. The molecule has 2 aromatic carbocycles. The highest BCUT2D eigenvalue weighted by molar-refractivity contribution is 6.02. The zero-order chi connectivity index (χ0) is 29.1. The average Bonchev–Trinajstić information content (AvgIpc) is 2.84. The monoisotopic (exact) mass is 532 g/mol. The normalized spacial score (nSPS) is 16.2. The molecule has 0 amide bonds. The van der Waals surface area contributed by atoms with Gasteiger partial charge in [0.2, 0.25) is 0 Å². The molecule has 0 aromatic heterocycles. The van der Waals surface area contributed by atoms with Crippen molar-refractivity contribution in [1.82, 2.24) is 0 Å². The van der Waals surface area contributed by atoms with Crippen molar-refractivity contribution < 1.29 is 14.4 Å². The first kappa shape index (κ1) is 32.7. The first-order chi connectivity index (χ1) is 18.6. The maximum atomic E-state index is 13.5. The third-order valence-corrected chi connectivity index (χ3v) is 7.79. The number of carbonyl (C=O) groups excluding carboxylic acids is 3. The highest BCUT2D eigenvalue weighted by atomic mass is 16.1. The smallest absolute Gasteiger partial charge is 0.163 e. The Hall–Kier alpha value is -2.55. The molecule has 0 aliphatic heterocycles. The second-order valence-corrected chi connectivity index (χ2v) is 12.1. The average molecular weight is 533 g/mol. The van der Waals surface area contributed by atoms with E-state index in [1.807, 2.05) is 6.92 Å². The van der Waals surface area contributed by atoms with Crippen molar-refractivity contribution in [1.29, 1.82) is 0 Å². The Labute approximate surface area is 238 Å². The SMILES string of the molecule is CCC.CCCC(CC1CC(=O)c2c(C)ccc(-c3cccc(CC(C)C)c3)c2C1)C(CC)C(=O)CC(C)=O. The van der Waals surface area contributed by atoms with Crippen LogP contribution in [0.5, 0.6) is 0 Å². The number of hydrogen-bond acceptors (Lipinski definition) is 3. The van der Waals surface area contributed by atoms with Gasteiger partial charge >= 0.3 is 0 Å². The quantitative estimate of drug-likeness (QED) is 0.256. The molecular formula is C36H52O3. The summed E-state index contributed by atoms with van der Waals surface area (Å²) >= 11 is 0. The molecule has 3 heteroatoms. The zero-order valence-electron chi connectivity index (χ0n) is 25.9. The van der Waals surface area contributed by atoms with Crippen LogP contribution in [0.3, 0.4) is 0 Å². The van der Waals surface area contributed by atoms with Crippen LogP contribution in [0.25, 0.3) is 11.1 Å². The number of hydrogen-bond donors (Lipinski definition) is 0. The third kappa shape index (κ3) is 9.26. The van der Waals surface area contributed by atoms with Gasteiger partial charge in [0.1, 0.15) is 11.6 Å². The number of rotatable bonds is 12. The molecule has 0 heterocycles. The first-order valence-corrected chi connectivity index (χ1v) is 15.3. The van der Waals surface area contributed by atoms with E-state index in [0.29, 0.717) is 12.3 Å². The second kappa shape index (κ2) is 15.9. The van der Waals surface area contributed by atoms with Gasteiger partial charge in [-0.2, -0.15) is 0 Å². The van der Waals surface area contributed by atoms with Crippen LogP contribution in [0.2, 0.25) is 0 Å². The van der Waals surface area contributed by atoms with Gasteiger partial charge in [-0.05, 0) is 85.1 Å². The van der Waals surface area contributed by atoms with E-state index in [1.54, 1.807) is 0 Å². The maximum absolute atomic E-state index is 13.5. The molecule has 0 N–H and O–H groups in total. The van der Waals surface area contributed by atoms with Gasteiger partial charge in [-0.25, -0.2) is 0 Å². The van der Waals surface area contributed by atoms with Gasteiger partial charge in [-0.3, -0.25) is 14.4 Å². The summed E-state index contributed by atoms with van der Waals surface area (Å²) in [6.45, 7) is 16.5. The van der Waals surface area contributed by atoms with Gasteiger partial charge in [0, 0.05) is 17.9 Å². The molecule has 2 aromatic rings. The van der Waals surface area contributed by atoms with Crippen molar-refractivity contribution in [2.75, 3.05) is 0 Å². The molecule has 0 saturated carbocycles. The highest BCUT2D eigenvalue weighted by Gasteiger charge is 2.34. The first-order valence-electron chi connectivity index (χ1n) is 15.3. The molecule has 0 spiro atoms. The van der Waals surface area contributed by atoms with E-state index in [2.05, 4.69) is 77.9 Å². The lowest BCUT2D eigenvalue weighted by Crippen LogP contribution is -2.30. The van der Waals surface area contributed by atoms with Crippen LogP contribution in [-0.2, 0) is 22.4 Å². The van der Waals surface area contributed by atoms with Crippen molar-refractivity contribution in [3.05, 3.63) is 58.7 Å². The third-order valence-electron chi connectivity index (χ3n) is 7.79. The fourth-order valence-corrected chi connectivity index (χ4v) is 6.35. The fraction of sp³-hybridized carbons (Fsp3) is 0.583. The van der Waals surface area contributed by atoms with Crippen molar-refractivity contribution in [2.45, 2.75) is 113 Å². The summed E-state index contributed by atoms with van der Waals surface area (Å²) in [5, 5.41) is 0. The summed E-state index contributed by atoms with van der Waals surface area (Å²) in [6.07, 6.45) is 7.29. The van der Waals surface area contributed by atoms with Crippen LogP contribution >= 0.6 is 0 Å². The molecule has 1 aliphatic rings. The van der Waals surface area contributed by atoms with E-state index in [-0.39, 0.29) is 41.5 Å². The topological polar surface area (TPSA) is 51.2 Å². The van der Waals surface area contributed by atoms with E-state index in [1.165, 1.54) is 35.6 Å². The number of aryl methyl sites for hydroxylation is 1. The number of fused-ring (bicyclic) bond motifs is 1.